The van der Waals surface area contributed by atoms with E-state index in [2.05, 4.69) is 21.8 Å². The smallest absolute Gasteiger partial charge is 0.180 e. The Balaban J connectivity index is 1.78. The molecule has 0 unspecified atom stereocenters. The van der Waals surface area contributed by atoms with Crippen LogP contribution in [0, 0.1) is 0 Å². The van der Waals surface area contributed by atoms with Crippen molar-refractivity contribution in [3.05, 3.63) is 35.6 Å². The first-order chi connectivity index (χ1) is 11.6. The van der Waals surface area contributed by atoms with Gasteiger partial charge in [0.15, 0.2) is 17.2 Å². The van der Waals surface area contributed by atoms with Crippen molar-refractivity contribution in [1.29, 1.82) is 0 Å². The molecule has 0 saturated carbocycles. The van der Waals surface area contributed by atoms with E-state index < -0.39 is 0 Å². The Morgan fingerprint density at radius 1 is 1.21 bits per heavy atom. The number of likely N-dealkylation sites (N-methyl/N-ethyl adjacent to an activating group) is 1. The van der Waals surface area contributed by atoms with Crippen LogP contribution in [0.5, 0.6) is 0 Å². The van der Waals surface area contributed by atoms with Gasteiger partial charge in [-0.15, -0.1) is 11.3 Å². The second-order valence-electron chi connectivity index (χ2n) is 6.12. The molecule has 1 saturated heterocycles. The van der Waals surface area contributed by atoms with Crippen LogP contribution in [0.15, 0.2) is 30.7 Å². The van der Waals surface area contributed by atoms with Crippen molar-refractivity contribution in [2.45, 2.75) is 6.92 Å². The number of nitrogens with zero attached hydrogens (tertiary/aromatic N) is 5. The summed E-state index contributed by atoms with van der Waals surface area (Å²) in [5, 5.41) is 0. The molecule has 0 N–H and O–H groups in total. The summed E-state index contributed by atoms with van der Waals surface area (Å²) >= 11 is 1.49. The van der Waals surface area contributed by atoms with Crippen molar-refractivity contribution in [3.63, 3.8) is 0 Å². The lowest BCUT2D eigenvalue weighted by Crippen LogP contribution is -2.45. The first-order valence-corrected chi connectivity index (χ1v) is 8.82. The van der Waals surface area contributed by atoms with Gasteiger partial charge in [0.25, 0.3) is 0 Å². The number of ketones is 1. The van der Waals surface area contributed by atoms with Gasteiger partial charge in [-0.3, -0.25) is 4.79 Å². The van der Waals surface area contributed by atoms with Crippen LogP contribution in [0.1, 0.15) is 16.6 Å². The van der Waals surface area contributed by atoms with E-state index >= 15 is 0 Å². The zero-order valence-electron chi connectivity index (χ0n) is 13.8. The van der Waals surface area contributed by atoms with Crippen LogP contribution in [0.3, 0.4) is 0 Å². The average Bonchev–Trinajstić information content (AvgIpc) is 3.24. The highest BCUT2D eigenvalue weighted by Gasteiger charge is 2.20. The Hall–Kier alpha value is -2.25. The minimum atomic E-state index is 0.0919. The van der Waals surface area contributed by atoms with Crippen LogP contribution in [0.2, 0.25) is 0 Å². The zero-order chi connectivity index (χ0) is 16.7. The molecule has 1 aliphatic rings. The van der Waals surface area contributed by atoms with Crippen molar-refractivity contribution in [3.8, 4) is 10.6 Å². The van der Waals surface area contributed by atoms with Gasteiger partial charge in [0.1, 0.15) is 0 Å². The number of Topliss-reactive ketones (excluding diaryl/α,β-unsaturated/α-hetero) is 1. The summed E-state index contributed by atoms with van der Waals surface area (Å²) in [6, 6.07) is 3.85. The highest BCUT2D eigenvalue weighted by Crippen LogP contribution is 2.30. The molecule has 1 fully saturated rings. The van der Waals surface area contributed by atoms with Crippen molar-refractivity contribution in [2.75, 3.05) is 38.1 Å². The molecule has 0 amide bonds. The molecule has 0 radical (unpaired) electrons. The monoisotopic (exact) mass is 341 g/mol. The Kier molecular flexibility index (Phi) is 3.82. The van der Waals surface area contributed by atoms with Crippen molar-refractivity contribution >= 4 is 28.6 Å². The number of fused-ring (bicyclic) bond motifs is 1. The fourth-order valence-electron chi connectivity index (χ4n) is 2.93. The van der Waals surface area contributed by atoms with Gasteiger partial charge in [-0.1, -0.05) is 0 Å². The number of carbonyl (C=O) groups excluding carboxylic acids is 1. The molecule has 124 valence electrons. The standard InChI is InChI=1S/C17H19N5OS/c1-12(23)14-3-4-15(24-14)13-11-22-6-5-18-16(22)17(19-13)21-9-7-20(2)8-10-21/h3-6,11H,7-10H2,1-2H3. The number of carbonyl (C=O) groups is 1. The maximum atomic E-state index is 11.6. The van der Waals surface area contributed by atoms with Crippen LogP contribution >= 0.6 is 11.3 Å². The lowest BCUT2D eigenvalue weighted by molar-refractivity contribution is 0.102. The van der Waals surface area contributed by atoms with E-state index in [1.165, 1.54) is 11.3 Å². The number of thiophene rings is 1. The molecule has 6 nitrogen and oxygen atoms in total. The van der Waals surface area contributed by atoms with Crippen LogP contribution in [0.4, 0.5) is 5.82 Å². The lowest BCUT2D eigenvalue weighted by atomic mass is 10.3. The maximum Gasteiger partial charge on any atom is 0.180 e. The maximum absolute atomic E-state index is 11.6. The molecule has 24 heavy (non-hydrogen) atoms. The lowest BCUT2D eigenvalue weighted by Gasteiger charge is -2.33. The fraction of sp³-hybridized carbons (Fsp3) is 0.353. The Bertz CT molecular complexity index is 891. The van der Waals surface area contributed by atoms with Gasteiger partial charge in [-0.2, -0.15) is 0 Å². The minimum absolute atomic E-state index is 0.0919. The van der Waals surface area contributed by atoms with Gasteiger partial charge in [0, 0.05) is 44.8 Å². The second-order valence-corrected chi connectivity index (χ2v) is 7.20. The Morgan fingerprint density at radius 3 is 2.71 bits per heavy atom. The molecule has 0 spiro atoms. The number of hydrogen-bond donors (Lipinski definition) is 0. The van der Waals surface area contributed by atoms with Gasteiger partial charge in [0.05, 0.1) is 15.4 Å². The molecular formula is C17H19N5OS. The molecule has 0 atom stereocenters. The molecule has 4 heterocycles. The molecule has 0 aromatic carbocycles. The highest BCUT2D eigenvalue weighted by atomic mass is 32.1. The van der Waals surface area contributed by atoms with Crippen molar-refractivity contribution < 1.29 is 4.79 Å². The number of rotatable bonds is 3. The first-order valence-electron chi connectivity index (χ1n) is 8.00. The summed E-state index contributed by atoms with van der Waals surface area (Å²) in [7, 11) is 2.14. The number of imidazole rings is 1. The molecular weight excluding hydrogens is 322 g/mol. The molecule has 3 aromatic heterocycles. The van der Waals surface area contributed by atoms with Crippen molar-refractivity contribution in [1.82, 2.24) is 19.3 Å². The highest BCUT2D eigenvalue weighted by molar-refractivity contribution is 7.17. The second kappa shape index (κ2) is 5.99. The average molecular weight is 341 g/mol. The number of piperazine rings is 1. The van der Waals surface area contributed by atoms with Gasteiger partial charge in [0.2, 0.25) is 0 Å². The van der Waals surface area contributed by atoms with E-state index in [4.69, 9.17) is 4.98 Å². The van der Waals surface area contributed by atoms with Gasteiger partial charge in [-0.25, -0.2) is 9.97 Å². The van der Waals surface area contributed by atoms with Gasteiger partial charge in [-0.05, 0) is 26.1 Å². The SMILES string of the molecule is CC(=O)c1ccc(-c2cn3ccnc3c(N3CCN(C)CC3)n2)s1. The normalized spacial score (nSPS) is 16.0. The Labute approximate surface area is 144 Å². The molecule has 4 rings (SSSR count). The van der Waals surface area contributed by atoms with Crippen LogP contribution < -0.4 is 4.90 Å². The van der Waals surface area contributed by atoms with Gasteiger partial charge < -0.3 is 14.2 Å². The summed E-state index contributed by atoms with van der Waals surface area (Å²) < 4.78 is 2.02. The minimum Gasteiger partial charge on any atom is -0.351 e. The van der Waals surface area contributed by atoms with E-state index in [0.29, 0.717) is 0 Å². The van der Waals surface area contributed by atoms with Crippen LogP contribution in [-0.4, -0.2) is 58.3 Å². The van der Waals surface area contributed by atoms with E-state index in [-0.39, 0.29) is 5.78 Å². The quantitative estimate of drug-likeness (QED) is 0.685. The van der Waals surface area contributed by atoms with Crippen LogP contribution in [-0.2, 0) is 0 Å². The predicted molar refractivity (Wildman–Crippen MR) is 96.0 cm³/mol. The Morgan fingerprint density at radius 2 is 2.00 bits per heavy atom. The third-order valence-electron chi connectivity index (χ3n) is 4.36. The summed E-state index contributed by atoms with van der Waals surface area (Å²) in [6.45, 7) is 5.52. The van der Waals surface area contributed by atoms with E-state index in [1.807, 2.05) is 28.9 Å². The molecule has 1 aliphatic heterocycles. The summed E-state index contributed by atoms with van der Waals surface area (Å²) in [4.78, 5) is 27.3. The topological polar surface area (TPSA) is 53.7 Å². The third-order valence-corrected chi connectivity index (χ3v) is 5.57. The summed E-state index contributed by atoms with van der Waals surface area (Å²) in [5.41, 5.74) is 1.76. The van der Waals surface area contributed by atoms with E-state index in [0.717, 1.165) is 53.1 Å². The molecule has 3 aromatic rings. The van der Waals surface area contributed by atoms with Crippen molar-refractivity contribution in [2.24, 2.45) is 0 Å². The number of aromatic nitrogens is 3. The largest absolute Gasteiger partial charge is 0.351 e. The van der Waals surface area contributed by atoms with E-state index in [9.17, 15) is 4.79 Å². The van der Waals surface area contributed by atoms with Gasteiger partial charge >= 0.3 is 0 Å². The first kappa shape index (κ1) is 15.3. The zero-order valence-corrected chi connectivity index (χ0v) is 14.6. The number of anilines is 1. The number of hydrogen-bond acceptors (Lipinski definition) is 6. The van der Waals surface area contributed by atoms with E-state index in [1.54, 1.807) is 13.1 Å². The third kappa shape index (κ3) is 2.70. The molecule has 7 heteroatoms. The molecule has 0 bridgehead atoms. The molecule has 0 aliphatic carbocycles. The fourth-order valence-corrected chi connectivity index (χ4v) is 3.78. The predicted octanol–water partition coefficient (Wildman–Crippen LogP) is 2.41. The summed E-state index contributed by atoms with van der Waals surface area (Å²) in [6.07, 6.45) is 5.73. The summed E-state index contributed by atoms with van der Waals surface area (Å²) in [5.74, 6) is 1.01. The van der Waals surface area contributed by atoms with Crippen LogP contribution in [0.25, 0.3) is 16.2 Å².